The Morgan fingerprint density at radius 3 is 2.57 bits per heavy atom. The quantitative estimate of drug-likeness (QED) is 0.839. The second-order valence-corrected chi connectivity index (χ2v) is 6.11. The van der Waals surface area contributed by atoms with E-state index >= 15 is 0 Å². The van der Waals surface area contributed by atoms with Crippen LogP contribution in [-0.2, 0) is 11.2 Å². The third kappa shape index (κ3) is 4.42. The highest BCUT2D eigenvalue weighted by Crippen LogP contribution is 2.36. The van der Waals surface area contributed by atoms with Gasteiger partial charge < -0.3 is 10.2 Å². The van der Waals surface area contributed by atoms with Gasteiger partial charge in [0.2, 0.25) is 5.91 Å². The second kappa shape index (κ2) is 6.75. The molecule has 1 aromatic carbocycles. The first kappa shape index (κ1) is 16.2. The SMILES string of the molecule is CCN(CC)CC1(NC(=O)Cc2ccc(F)cc2Cl)CC1. The number of halogens is 2. The van der Waals surface area contributed by atoms with Gasteiger partial charge >= 0.3 is 0 Å². The summed E-state index contributed by atoms with van der Waals surface area (Å²) >= 11 is 5.96. The van der Waals surface area contributed by atoms with Gasteiger partial charge in [-0.1, -0.05) is 31.5 Å². The molecule has 0 aromatic heterocycles. The zero-order chi connectivity index (χ0) is 15.5. The fraction of sp³-hybridized carbons (Fsp3) is 0.562. The van der Waals surface area contributed by atoms with Crippen LogP contribution >= 0.6 is 11.6 Å². The average molecular weight is 313 g/mol. The minimum Gasteiger partial charge on any atom is -0.349 e. The number of benzene rings is 1. The minimum absolute atomic E-state index is 0.0480. The number of carbonyl (C=O) groups excluding carboxylic acids is 1. The van der Waals surface area contributed by atoms with Crippen LogP contribution in [0, 0.1) is 5.82 Å². The molecule has 1 amide bonds. The Kier molecular flexibility index (Phi) is 5.22. The Balaban J connectivity index is 1.92. The molecule has 0 heterocycles. The van der Waals surface area contributed by atoms with E-state index in [1.165, 1.54) is 12.1 Å². The third-order valence-electron chi connectivity index (χ3n) is 4.04. The van der Waals surface area contributed by atoms with Gasteiger partial charge in [0.05, 0.1) is 12.0 Å². The first-order valence-electron chi connectivity index (χ1n) is 7.45. The fourth-order valence-electron chi connectivity index (χ4n) is 2.53. The maximum absolute atomic E-state index is 13.0. The molecule has 1 aliphatic carbocycles. The van der Waals surface area contributed by atoms with E-state index in [4.69, 9.17) is 11.6 Å². The smallest absolute Gasteiger partial charge is 0.224 e. The van der Waals surface area contributed by atoms with E-state index < -0.39 is 0 Å². The standard InChI is InChI=1S/C16H22ClFN2O/c1-3-20(4-2)11-16(7-8-16)19-15(21)9-12-5-6-13(18)10-14(12)17/h5-6,10H,3-4,7-9,11H2,1-2H3,(H,19,21). The molecule has 1 aliphatic rings. The molecule has 1 saturated carbocycles. The topological polar surface area (TPSA) is 32.3 Å². The fourth-order valence-corrected chi connectivity index (χ4v) is 2.76. The van der Waals surface area contributed by atoms with E-state index in [1.54, 1.807) is 6.07 Å². The van der Waals surface area contributed by atoms with E-state index in [1.807, 2.05) is 0 Å². The van der Waals surface area contributed by atoms with Gasteiger partial charge in [-0.15, -0.1) is 0 Å². The molecule has 0 aliphatic heterocycles. The highest BCUT2D eigenvalue weighted by atomic mass is 35.5. The first-order valence-corrected chi connectivity index (χ1v) is 7.83. The van der Waals surface area contributed by atoms with E-state index in [0.717, 1.165) is 32.5 Å². The van der Waals surface area contributed by atoms with Gasteiger partial charge in [-0.3, -0.25) is 4.79 Å². The van der Waals surface area contributed by atoms with E-state index in [0.29, 0.717) is 10.6 Å². The van der Waals surface area contributed by atoms with Crippen molar-refractivity contribution >= 4 is 17.5 Å². The molecular formula is C16H22ClFN2O. The predicted octanol–water partition coefficient (Wildman–Crippen LogP) is 3.01. The summed E-state index contributed by atoms with van der Waals surface area (Å²) in [7, 11) is 0. The predicted molar refractivity (Wildman–Crippen MR) is 83.0 cm³/mol. The van der Waals surface area contributed by atoms with Gasteiger partial charge in [0.1, 0.15) is 5.82 Å². The summed E-state index contributed by atoms with van der Waals surface area (Å²) in [5, 5.41) is 3.43. The molecule has 21 heavy (non-hydrogen) atoms. The van der Waals surface area contributed by atoms with Crippen molar-refractivity contribution in [2.45, 2.75) is 38.6 Å². The molecule has 1 aromatic rings. The van der Waals surface area contributed by atoms with Crippen molar-refractivity contribution in [2.75, 3.05) is 19.6 Å². The van der Waals surface area contributed by atoms with Crippen molar-refractivity contribution in [3.05, 3.63) is 34.6 Å². The third-order valence-corrected chi connectivity index (χ3v) is 4.40. The molecule has 0 bridgehead atoms. The number of carbonyl (C=O) groups is 1. The maximum Gasteiger partial charge on any atom is 0.224 e. The maximum atomic E-state index is 13.0. The molecule has 1 fully saturated rings. The van der Waals surface area contributed by atoms with Crippen LogP contribution in [0.5, 0.6) is 0 Å². The van der Waals surface area contributed by atoms with Crippen molar-refractivity contribution in [1.29, 1.82) is 0 Å². The monoisotopic (exact) mass is 312 g/mol. The Bertz CT molecular complexity index is 513. The number of likely N-dealkylation sites (N-methyl/N-ethyl adjacent to an activating group) is 1. The first-order chi connectivity index (χ1) is 9.98. The highest BCUT2D eigenvalue weighted by molar-refractivity contribution is 6.31. The Morgan fingerprint density at radius 1 is 1.38 bits per heavy atom. The van der Waals surface area contributed by atoms with Crippen LogP contribution in [-0.4, -0.2) is 36.0 Å². The summed E-state index contributed by atoms with van der Waals surface area (Å²) in [6, 6.07) is 4.14. The van der Waals surface area contributed by atoms with Crippen molar-refractivity contribution in [3.8, 4) is 0 Å². The van der Waals surface area contributed by atoms with Crippen molar-refractivity contribution in [2.24, 2.45) is 0 Å². The average Bonchev–Trinajstić information content (AvgIpc) is 3.19. The molecule has 0 atom stereocenters. The molecule has 0 spiro atoms. The summed E-state index contributed by atoms with van der Waals surface area (Å²) in [6.45, 7) is 7.11. The van der Waals surface area contributed by atoms with Crippen LogP contribution in [0.3, 0.4) is 0 Å². The van der Waals surface area contributed by atoms with Crippen molar-refractivity contribution in [1.82, 2.24) is 10.2 Å². The Hall–Kier alpha value is -1.13. The highest BCUT2D eigenvalue weighted by Gasteiger charge is 2.44. The Labute approximate surface area is 130 Å². The largest absolute Gasteiger partial charge is 0.349 e. The number of nitrogens with one attached hydrogen (secondary N) is 1. The number of amides is 1. The molecule has 0 unspecified atom stereocenters. The zero-order valence-corrected chi connectivity index (χ0v) is 13.3. The molecular weight excluding hydrogens is 291 g/mol. The molecule has 0 radical (unpaired) electrons. The van der Waals surface area contributed by atoms with Crippen LogP contribution in [0.1, 0.15) is 32.3 Å². The molecule has 3 nitrogen and oxygen atoms in total. The second-order valence-electron chi connectivity index (χ2n) is 5.70. The van der Waals surface area contributed by atoms with Gasteiger partial charge in [-0.2, -0.15) is 0 Å². The summed E-state index contributed by atoms with van der Waals surface area (Å²) in [5.41, 5.74) is 0.588. The summed E-state index contributed by atoms with van der Waals surface area (Å²) in [5.74, 6) is -0.433. The number of nitrogens with zero attached hydrogens (tertiary/aromatic N) is 1. The number of rotatable bonds is 7. The Morgan fingerprint density at radius 2 is 2.05 bits per heavy atom. The number of hydrogen-bond donors (Lipinski definition) is 1. The van der Waals surface area contributed by atoms with E-state index in [-0.39, 0.29) is 23.7 Å². The minimum atomic E-state index is -0.385. The van der Waals surface area contributed by atoms with Crippen LogP contribution in [0.4, 0.5) is 4.39 Å². The van der Waals surface area contributed by atoms with Gasteiger partial charge in [0.15, 0.2) is 0 Å². The lowest BCUT2D eigenvalue weighted by Gasteiger charge is -2.26. The molecule has 116 valence electrons. The molecule has 0 saturated heterocycles. The van der Waals surface area contributed by atoms with Gasteiger partial charge in [0.25, 0.3) is 0 Å². The molecule has 2 rings (SSSR count). The summed E-state index contributed by atoms with van der Waals surface area (Å²) in [4.78, 5) is 14.5. The molecule has 1 N–H and O–H groups in total. The lowest BCUT2D eigenvalue weighted by atomic mass is 10.1. The van der Waals surface area contributed by atoms with Crippen LogP contribution in [0.15, 0.2) is 18.2 Å². The van der Waals surface area contributed by atoms with Crippen molar-refractivity contribution in [3.63, 3.8) is 0 Å². The van der Waals surface area contributed by atoms with Gasteiger partial charge in [0, 0.05) is 11.6 Å². The number of hydrogen-bond acceptors (Lipinski definition) is 2. The van der Waals surface area contributed by atoms with E-state index in [9.17, 15) is 9.18 Å². The molecule has 5 heteroatoms. The van der Waals surface area contributed by atoms with Crippen molar-refractivity contribution < 1.29 is 9.18 Å². The van der Waals surface area contributed by atoms with Gasteiger partial charge in [-0.25, -0.2) is 4.39 Å². The summed E-state index contributed by atoms with van der Waals surface area (Å²) in [6.07, 6.45) is 2.23. The lowest BCUT2D eigenvalue weighted by molar-refractivity contribution is -0.121. The van der Waals surface area contributed by atoms with E-state index in [2.05, 4.69) is 24.1 Å². The zero-order valence-electron chi connectivity index (χ0n) is 12.6. The summed E-state index contributed by atoms with van der Waals surface area (Å²) < 4.78 is 13.0. The normalized spacial score (nSPS) is 16.0. The van der Waals surface area contributed by atoms with Crippen LogP contribution in [0.2, 0.25) is 5.02 Å². The lowest BCUT2D eigenvalue weighted by Crippen LogP contribution is -2.46. The van der Waals surface area contributed by atoms with Crippen LogP contribution in [0.25, 0.3) is 0 Å². The van der Waals surface area contributed by atoms with Gasteiger partial charge in [-0.05, 0) is 43.6 Å². The van der Waals surface area contributed by atoms with Crippen LogP contribution < -0.4 is 5.32 Å².